The molecule has 0 aromatic carbocycles. The number of hydrogen-bond donors (Lipinski definition) is 0. The molecule has 15 heavy (non-hydrogen) atoms. The third-order valence-electron chi connectivity index (χ3n) is 3.09. The van der Waals surface area contributed by atoms with Gasteiger partial charge in [0.1, 0.15) is 0 Å². The first-order valence-electron chi connectivity index (χ1n) is 6.23. The standard InChI is InChI=1S/C12H24ClNO/c1-2-15-10-4-9-14-8-3-5-12(11-14)6-7-13/h12H,2-11H2,1H3. The summed E-state index contributed by atoms with van der Waals surface area (Å²) in [5.74, 6) is 1.65. The predicted molar refractivity (Wildman–Crippen MR) is 65.6 cm³/mol. The van der Waals surface area contributed by atoms with E-state index in [-0.39, 0.29) is 0 Å². The first-order valence-corrected chi connectivity index (χ1v) is 6.76. The minimum absolute atomic E-state index is 0.817. The second-order valence-electron chi connectivity index (χ2n) is 4.34. The lowest BCUT2D eigenvalue weighted by Crippen LogP contribution is -2.36. The average Bonchev–Trinajstić information content (AvgIpc) is 2.26. The molecule has 0 aliphatic carbocycles. The van der Waals surface area contributed by atoms with Crippen molar-refractivity contribution in [1.29, 1.82) is 0 Å². The molecular weight excluding hydrogens is 210 g/mol. The Labute approximate surface area is 98.9 Å². The van der Waals surface area contributed by atoms with Gasteiger partial charge in [-0.05, 0) is 45.1 Å². The van der Waals surface area contributed by atoms with Crippen LogP contribution in [0.25, 0.3) is 0 Å². The van der Waals surface area contributed by atoms with Crippen molar-refractivity contribution in [3.63, 3.8) is 0 Å². The fraction of sp³-hybridized carbons (Fsp3) is 1.00. The highest BCUT2D eigenvalue weighted by molar-refractivity contribution is 6.17. The summed E-state index contributed by atoms with van der Waals surface area (Å²) in [5.41, 5.74) is 0. The molecule has 3 heteroatoms. The molecule has 0 saturated carbocycles. The van der Waals surface area contributed by atoms with Gasteiger partial charge in [-0.1, -0.05) is 0 Å². The van der Waals surface area contributed by atoms with Gasteiger partial charge in [0, 0.05) is 32.2 Å². The molecule has 1 atom stereocenters. The molecule has 1 saturated heterocycles. The first-order chi connectivity index (χ1) is 7.36. The number of piperidine rings is 1. The highest BCUT2D eigenvalue weighted by Gasteiger charge is 2.18. The van der Waals surface area contributed by atoms with Crippen LogP contribution in [0.5, 0.6) is 0 Å². The van der Waals surface area contributed by atoms with E-state index in [9.17, 15) is 0 Å². The molecule has 0 bridgehead atoms. The van der Waals surface area contributed by atoms with Crippen LogP contribution in [-0.2, 0) is 4.74 Å². The van der Waals surface area contributed by atoms with Gasteiger partial charge in [-0.3, -0.25) is 0 Å². The fourth-order valence-electron chi connectivity index (χ4n) is 2.28. The molecule has 0 aromatic heterocycles. The average molecular weight is 234 g/mol. The lowest BCUT2D eigenvalue weighted by Gasteiger charge is -2.32. The van der Waals surface area contributed by atoms with Gasteiger partial charge < -0.3 is 9.64 Å². The van der Waals surface area contributed by atoms with Crippen molar-refractivity contribution in [3.05, 3.63) is 0 Å². The topological polar surface area (TPSA) is 12.5 Å². The zero-order chi connectivity index (χ0) is 10.9. The highest BCUT2D eigenvalue weighted by Crippen LogP contribution is 2.19. The van der Waals surface area contributed by atoms with Crippen molar-refractivity contribution in [1.82, 2.24) is 4.90 Å². The Morgan fingerprint density at radius 3 is 3.07 bits per heavy atom. The summed E-state index contributed by atoms with van der Waals surface area (Å²) < 4.78 is 5.35. The van der Waals surface area contributed by atoms with Crippen molar-refractivity contribution in [3.8, 4) is 0 Å². The van der Waals surface area contributed by atoms with E-state index in [0.29, 0.717) is 0 Å². The molecule has 1 fully saturated rings. The Kier molecular flexibility index (Phi) is 7.41. The van der Waals surface area contributed by atoms with E-state index in [2.05, 4.69) is 11.8 Å². The molecule has 90 valence electrons. The van der Waals surface area contributed by atoms with Crippen LogP contribution in [-0.4, -0.2) is 43.6 Å². The number of alkyl halides is 1. The number of halogens is 1. The van der Waals surface area contributed by atoms with Crippen molar-refractivity contribution in [2.24, 2.45) is 5.92 Å². The van der Waals surface area contributed by atoms with E-state index in [4.69, 9.17) is 16.3 Å². The third-order valence-corrected chi connectivity index (χ3v) is 3.31. The Morgan fingerprint density at radius 1 is 1.47 bits per heavy atom. The van der Waals surface area contributed by atoms with E-state index in [0.717, 1.165) is 25.0 Å². The van der Waals surface area contributed by atoms with E-state index >= 15 is 0 Å². The van der Waals surface area contributed by atoms with E-state index < -0.39 is 0 Å². The van der Waals surface area contributed by atoms with Crippen molar-refractivity contribution < 1.29 is 4.74 Å². The van der Waals surface area contributed by atoms with E-state index in [1.165, 1.54) is 45.3 Å². The first kappa shape index (κ1) is 13.3. The summed E-state index contributed by atoms with van der Waals surface area (Å²) in [5, 5.41) is 0. The number of hydrogen-bond acceptors (Lipinski definition) is 2. The van der Waals surface area contributed by atoms with Gasteiger partial charge in [-0.15, -0.1) is 11.6 Å². The van der Waals surface area contributed by atoms with Crippen molar-refractivity contribution in [2.45, 2.75) is 32.6 Å². The van der Waals surface area contributed by atoms with Gasteiger partial charge >= 0.3 is 0 Å². The molecule has 1 heterocycles. The summed E-state index contributed by atoms with van der Waals surface area (Å²) in [6, 6.07) is 0. The summed E-state index contributed by atoms with van der Waals surface area (Å²) in [6.45, 7) is 7.52. The number of rotatable bonds is 7. The number of nitrogens with zero attached hydrogens (tertiary/aromatic N) is 1. The van der Waals surface area contributed by atoms with Crippen LogP contribution in [0.15, 0.2) is 0 Å². The smallest absolute Gasteiger partial charge is 0.0478 e. The number of likely N-dealkylation sites (tertiary alicyclic amines) is 1. The lowest BCUT2D eigenvalue weighted by molar-refractivity contribution is 0.117. The number of ether oxygens (including phenoxy) is 1. The van der Waals surface area contributed by atoms with Crippen LogP contribution < -0.4 is 0 Å². The molecule has 2 nitrogen and oxygen atoms in total. The Hall–Kier alpha value is 0.210. The monoisotopic (exact) mass is 233 g/mol. The maximum Gasteiger partial charge on any atom is 0.0478 e. The van der Waals surface area contributed by atoms with Crippen LogP contribution in [0.3, 0.4) is 0 Å². The maximum absolute atomic E-state index is 5.79. The van der Waals surface area contributed by atoms with Crippen LogP contribution in [0, 0.1) is 5.92 Å². The second kappa shape index (κ2) is 8.37. The Morgan fingerprint density at radius 2 is 2.33 bits per heavy atom. The molecule has 1 unspecified atom stereocenters. The van der Waals surface area contributed by atoms with Crippen molar-refractivity contribution >= 4 is 11.6 Å². The van der Waals surface area contributed by atoms with Crippen LogP contribution in [0.1, 0.15) is 32.6 Å². The molecular formula is C12H24ClNO. The minimum Gasteiger partial charge on any atom is -0.382 e. The quantitative estimate of drug-likeness (QED) is 0.495. The van der Waals surface area contributed by atoms with Gasteiger partial charge in [0.25, 0.3) is 0 Å². The zero-order valence-electron chi connectivity index (χ0n) is 9.88. The SMILES string of the molecule is CCOCCCN1CCCC(CCCl)C1. The molecule has 0 radical (unpaired) electrons. The van der Waals surface area contributed by atoms with Crippen LogP contribution in [0.2, 0.25) is 0 Å². The van der Waals surface area contributed by atoms with E-state index in [1.807, 2.05) is 0 Å². The molecule has 0 aromatic rings. The second-order valence-corrected chi connectivity index (χ2v) is 4.71. The largest absolute Gasteiger partial charge is 0.382 e. The maximum atomic E-state index is 5.79. The molecule has 0 N–H and O–H groups in total. The normalized spacial score (nSPS) is 23.2. The van der Waals surface area contributed by atoms with Crippen molar-refractivity contribution in [2.75, 3.05) is 38.7 Å². The van der Waals surface area contributed by atoms with Gasteiger partial charge in [0.15, 0.2) is 0 Å². The summed E-state index contributed by atoms with van der Waals surface area (Å²) in [6.07, 6.45) is 5.07. The summed E-state index contributed by atoms with van der Waals surface area (Å²) in [4.78, 5) is 2.57. The summed E-state index contributed by atoms with van der Waals surface area (Å²) in [7, 11) is 0. The zero-order valence-corrected chi connectivity index (χ0v) is 10.6. The van der Waals surface area contributed by atoms with Gasteiger partial charge in [0.05, 0.1) is 0 Å². The van der Waals surface area contributed by atoms with Crippen LogP contribution in [0.4, 0.5) is 0 Å². The molecule has 0 spiro atoms. The summed E-state index contributed by atoms with van der Waals surface area (Å²) >= 11 is 5.79. The molecule has 1 aliphatic rings. The highest BCUT2D eigenvalue weighted by atomic mass is 35.5. The van der Waals surface area contributed by atoms with Gasteiger partial charge in [0.2, 0.25) is 0 Å². The Bertz CT molecular complexity index is 153. The molecule has 1 rings (SSSR count). The predicted octanol–water partition coefficient (Wildman–Crippen LogP) is 2.75. The fourth-order valence-corrected chi connectivity index (χ4v) is 2.59. The minimum atomic E-state index is 0.817. The Balaban J connectivity index is 2.07. The van der Waals surface area contributed by atoms with Gasteiger partial charge in [-0.25, -0.2) is 0 Å². The molecule has 1 aliphatic heterocycles. The van der Waals surface area contributed by atoms with E-state index in [1.54, 1.807) is 0 Å². The molecule has 0 amide bonds. The van der Waals surface area contributed by atoms with Gasteiger partial charge in [-0.2, -0.15) is 0 Å². The van der Waals surface area contributed by atoms with Crippen LogP contribution >= 0.6 is 11.6 Å². The third kappa shape index (κ3) is 5.74. The lowest BCUT2D eigenvalue weighted by atomic mass is 9.95.